The van der Waals surface area contributed by atoms with Gasteiger partial charge in [-0.1, -0.05) is 42.4 Å². The fourth-order valence-electron chi connectivity index (χ4n) is 2.56. The summed E-state index contributed by atoms with van der Waals surface area (Å²) >= 11 is 7.39. The number of amides is 2. The highest BCUT2D eigenvalue weighted by Gasteiger charge is 2.34. The van der Waals surface area contributed by atoms with Gasteiger partial charge in [0.25, 0.3) is 5.56 Å². The van der Waals surface area contributed by atoms with Crippen molar-refractivity contribution >= 4 is 46.7 Å². The number of carbonyl (C=O) groups excluding carboxylic acids is 2. The summed E-state index contributed by atoms with van der Waals surface area (Å²) in [4.78, 5) is 43.9. The van der Waals surface area contributed by atoms with E-state index in [0.29, 0.717) is 21.6 Å². The molecule has 1 atom stereocenters. The second-order valence-electron chi connectivity index (χ2n) is 5.34. The standard InChI is InChI=1S/C16H15ClN4O3S/c1-2-25-16-20-13-12(15(24)21-16)8(7-11(22)19-13)14(23)18-10-6-4-3-5-9(10)17/h3-6,8H,2,7H2,1H3,(H,18,23)(H2,19,20,21,22,24)/t8-/m1/s1. The Kier molecular flexibility index (Phi) is 5.10. The molecule has 2 amide bonds. The van der Waals surface area contributed by atoms with Crippen molar-refractivity contribution in [3.63, 3.8) is 0 Å². The molecule has 130 valence electrons. The summed E-state index contributed by atoms with van der Waals surface area (Å²) in [6.45, 7) is 1.92. The van der Waals surface area contributed by atoms with Crippen LogP contribution in [0.15, 0.2) is 34.2 Å². The molecule has 1 aliphatic heterocycles. The third kappa shape index (κ3) is 3.69. The summed E-state index contributed by atoms with van der Waals surface area (Å²) in [5.74, 6) is -0.927. The van der Waals surface area contributed by atoms with Crippen molar-refractivity contribution in [1.82, 2.24) is 9.97 Å². The highest BCUT2D eigenvalue weighted by molar-refractivity contribution is 7.99. The second kappa shape index (κ2) is 7.28. The van der Waals surface area contributed by atoms with Crippen LogP contribution in [0.3, 0.4) is 0 Å². The minimum Gasteiger partial charge on any atom is -0.324 e. The molecule has 1 aromatic heterocycles. The summed E-state index contributed by atoms with van der Waals surface area (Å²) in [7, 11) is 0. The van der Waals surface area contributed by atoms with Gasteiger partial charge in [0.05, 0.1) is 22.2 Å². The fourth-order valence-corrected chi connectivity index (χ4v) is 3.34. The molecule has 7 nitrogen and oxygen atoms in total. The van der Waals surface area contributed by atoms with E-state index < -0.39 is 17.4 Å². The predicted molar refractivity (Wildman–Crippen MR) is 97.3 cm³/mol. The van der Waals surface area contributed by atoms with Gasteiger partial charge in [0.2, 0.25) is 11.8 Å². The Labute approximate surface area is 152 Å². The number of aromatic nitrogens is 2. The van der Waals surface area contributed by atoms with Crippen LogP contribution in [0.25, 0.3) is 0 Å². The number of halogens is 1. The maximum Gasteiger partial charge on any atom is 0.257 e. The summed E-state index contributed by atoms with van der Waals surface area (Å²) in [6, 6.07) is 6.75. The average molecular weight is 379 g/mol. The van der Waals surface area contributed by atoms with Gasteiger partial charge in [-0.05, 0) is 17.9 Å². The minimum atomic E-state index is -0.933. The van der Waals surface area contributed by atoms with E-state index in [1.165, 1.54) is 11.8 Å². The molecule has 1 aromatic carbocycles. The number of carbonyl (C=O) groups is 2. The first-order chi connectivity index (χ1) is 12.0. The molecule has 25 heavy (non-hydrogen) atoms. The van der Waals surface area contributed by atoms with Gasteiger partial charge in [-0.15, -0.1) is 0 Å². The maximum absolute atomic E-state index is 12.7. The molecule has 0 spiro atoms. The molecular formula is C16H15ClN4O3S. The molecule has 1 aliphatic rings. The number of fused-ring (bicyclic) bond motifs is 1. The maximum atomic E-state index is 12.7. The van der Waals surface area contributed by atoms with Crippen LogP contribution in [0, 0.1) is 0 Å². The lowest BCUT2D eigenvalue weighted by Gasteiger charge is -2.23. The van der Waals surface area contributed by atoms with Gasteiger partial charge in [0.15, 0.2) is 5.16 Å². The number of thioether (sulfide) groups is 1. The summed E-state index contributed by atoms with van der Waals surface area (Å²) in [6.07, 6.45) is -0.131. The van der Waals surface area contributed by atoms with Crippen molar-refractivity contribution in [2.24, 2.45) is 0 Å². The number of aromatic amines is 1. The number of para-hydroxylation sites is 1. The Balaban J connectivity index is 1.96. The minimum absolute atomic E-state index is 0.131. The lowest BCUT2D eigenvalue weighted by molar-refractivity contribution is -0.123. The van der Waals surface area contributed by atoms with Crippen LogP contribution in [-0.4, -0.2) is 27.5 Å². The summed E-state index contributed by atoms with van der Waals surface area (Å²) in [5, 5.41) is 6.02. The number of hydrogen-bond acceptors (Lipinski definition) is 5. The molecule has 0 radical (unpaired) electrons. The van der Waals surface area contributed by atoms with Gasteiger partial charge in [-0.3, -0.25) is 14.4 Å². The average Bonchev–Trinajstić information content (AvgIpc) is 2.56. The lowest BCUT2D eigenvalue weighted by Crippen LogP contribution is -2.36. The number of nitrogens with zero attached hydrogens (tertiary/aromatic N) is 1. The van der Waals surface area contributed by atoms with E-state index in [2.05, 4.69) is 20.6 Å². The van der Waals surface area contributed by atoms with Gasteiger partial charge < -0.3 is 15.6 Å². The lowest BCUT2D eigenvalue weighted by atomic mass is 9.92. The van der Waals surface area contributed by atoms with E-state index in [1.54, 1.807) is 24.3 Å². The van der Waals surface area contributed by atoms with Crippen molar-refractivity contribution in [3.05, 3.63) is 45.2 Å². The number of nitrogens with one attached hydrogen (secondary N) is 3. The van der Waals surface area contributed by atoms with Gasteiger partial charge in [-0.25, -0.2) is 4.98 Å². The van der Waals surface area contributed by atoms with Crippen molar-refractivity contribution in [2.45, 2.75) is 24.4 Å². The Morgan fingerprint density at radius 2 is 2.16 bits per heavy atom. The van der Waals surface area contributed by atoms with Crippen LogP contribution >= 0.6 is 23.4 Å². The first kappa shape index (κ1) is 17.5. The van der Waals surface area contributed by atoms with Gasteiger partial charge in [-0.2, -0.15) is 0 Å². The van der Waals surface area contributed by atoms with E-state index in [-0.39, 0.29) is 23.7 Å². The van der Waals surface area contributed by atoms with E-state index >= 15 is 0 Å². The first-order valence-corrected chi connectivity index (χ1v) is 8.98. The van der Waals surface area contributed by atoms with Crippen LogP contribution in [0.4, 0.5) is 11.5 Å². The normalized spacial score (nSPS) is 16.1. The largest absolute Gasteiger partial charge is 0.324 e. The van der Waals surface area contributed by atoms with E-state index in [9.17, 15) is 14.4 Å². The number of H-pyrrole nitrogens is 1. The van der Waals surface area contributed by atoms with Gasteiger partial charge in [0.1, 0.15) is 5.82 Å². The second-order valence-corrected chi connectivity index (χ2v) is 7.00. The molecule has 0 aliphatic carbocycles. The Hall–Kier alpha value is -2.32. The number of anilines is 2. The van der Waals surface area contributed by atoms with Gasteiger partial charge >= 0.3 is 0 Å². The fraction of sp³-hybridized carbons (Fsp3) is 0.250. The topological polar surface area (TPSA) is 104 Å². The van der Waals surface area contributed by atoms with Crippen molar-refractivity contribution < 1.29 is 9.59 Å². The van der Waals surface area contributed by atoms with Crippen LogP contribution in [-0.2, 0) is 9.59 Å². The Morgan fingerprint density at radius 3 is 2.88 bits per heavy atom. The zero-order chi connectivity index (χ0) is 18.0. The molecule has 3 rings (SSSR count). The molecule has 0 fully saturated rings. The summed E-state index contributed by atoms with van der Waals surface area (Å²) < 4.78 is 0. The highest BCUT2D eigenvalue weighted by Crippen LogP contribution is 2.31. The number of rotatable bonds is 4. The van der Waals surface area contributed by atoms with Crippen molar-refractivity contribution in [1.29, 1.82) is 0 Å². The highest BCUT2D eigenvalue weighted by atomic mass is 35.5. The molecule has 0 unspecified atom stereocenters. The number of benzene rings is 1. The van der Waals surface area contributed by atoms with E-state index in [0.717, 1.165) is 0 Å². The smallest absolute Gasteiger partial charge is 0.257 e. The molecule has 0 saturated heterocycles. The van der Waals surface area contributed by atoms with Crippen molar-refractivity contribution in [3.8, 4) is 0 Å². The Bertz CT molecular complexity index is 899. The third-order valence-electron chi connectivity index (χ3n) is 3.66. The molecule has 0 saturated carbocycles. The van der Waals surface area contributed by atoms with Crippen LogP contribution in [0.1, 0.15) is 24.8 Å². The van der Waals surface area contributed by atoms with Crippen molar-refractivity contribution in [2.75, 3.05) is 16.4 Å². The van der Waals surface area contributed by atoms with Crippen LogP contribution < -0.4 is 16.2 Å². The Morgan fingerprint density at radius 1 is 1.40 bits per heavy atom. The number of hydrogen-bond donors (Lipinski definition) is 3. The third-order valence-corrected chi connectivity index (χ3v) is 4.74. The summed E-state index contributed by atoms with van der Waals surface area (Å²) in [5.41, 5.74) is 0.147. The zero-order valence-corrected chi connectivity index (χ0v) is 14.8. The molecular weight excluding hydrogens is 364 g/mol. The molecule has 9 heteroatoms. The van der Waals surface area contributed by atoms with E-state index in [4.69, 9.17) is 11.6 Å². The van der Waals surface area contributed by atoms with Crippen LogP contribution in [0.2, 0.25) is 5.02 Å². The van der Waals surface area contributed by atoms with Gasteiger partial charge in [0, 0.05) is 6.42 Å². The first-order valence-electron chi connectivity index (χ1n) is 7.61. The molecule has 3 N–H and O–H groups in total. The molecule has 2 aromatic rings. The SMILES string of the molecule is CCSc1nc2c(c(=O)[nH]1)[C@H](C(=O)Nc1ccccc1Cl)CC(=O)N2. The predicted octanol–water partition coefficient (Wildman–Crippen LogP) is 2.60. The quantitative estimate of drug-likeness (QED) is 0.560. The zero-order valence-electron chi connectivity index (χ0n) is 13.3. The van der Waals surface area contributed by atoms with Crippen LogP contribution in [0.5, 0.6) is 0 Å². The van der Waals surface area contributed by atoms with E-state index in [1.807, 2.05) is 6.92 Å². The molecule has 2 heterocycles. The monoisotopic (exact) mass is 378 g/mol. The molecule has 0 bridgehead atoms.